The van der Waals surface area contributed by atoms with E-state index in [0.29, 0.717) is 12.3 Å². The van der Waals surface area contributed by atoms with Crippen molar-refractivity contribution >= 4 is 17.7 Å². The fourth-order valence-corrected chi connectivity index (χ4v) is 4.54. The number of nitrogens with zero attached hydrogens (tertiary/aromatic N) is 4. The van der Waals surface area contributed by atoms with Crippen molar-refractivity contribution in [1.29, 1.82) is 0 Å². The molecule has 7 nitrogen and oxygen atoms in total. The number of amides is 1. The van der Waals surface area contributed by atoms with E-state index in [1.54, 1.807) is 16.3 Å². The highest BCUT2D eigenvalue weighted by Gasteiger charge is 2.31. The monoisotopic (exact) mass is 357 g/mol. The number of aryl methyl sites for hydroxylation is 2. The third-order valence-electron chi connectivity index (χ3n) is 4.62. The Balaban J connectivity index is 1.45. The van der Waals surface area contributed by atoms with Gasteiger partial charge >= 0.3 is 0 Å². The van der Waals surface area contributed by atoms with Crippen LogP contribution in [0.3, 0.4) is 0 Å². The Morgan fingerprint density at radius 2 is 2.28 bits per heavy atom. The van der Waals surface area contributed by atoms with Gasteiger partial charge in [-0.1, -0.05) is 11.8 Å². The van der Waals surface area contributed by atoms with Crippen LogP contribution in [0.25, 0.3) is 0 Å². The van der Waals surface area contributed by atoms with E-state index < -0.39 is 0 Å². The van der Waals surface area contributed by atoms with E-state index >= 15 is 0 Å². The molecule has 0 saturated carbocycles. The van der Waals surface area contributed by atoms with Crippen molar-refractivity contribution in [3.05, 3.63) is 45.4 Å². The molecule has 3 heterocycles. The highest BCUT2D eigenvalue weighted by Crippen LogP contribution is 2.33. The molecule has 2 aromatic rings. The Labute approximate surface area is 149 Å². The predicted octanol–water partition coefficient (Wildman–Crippen LogP) is 1.18. The molecule has 1 unspecified atom stereocenters. The second kappa shape index (κ2) is 6.59. The maximum absolute atomic E-state index is 12.7. The first-order valence-electron chi connectivity index (χ1n) is 8.43. The van der Waals surface area contributed by atoms with Crippen LogP contribution in [0.2, 0.25) is 0 Å². The van der Waals surface area contributed by atoms with Crippen LogP contribution in [-0.2, 0) is 24.2 Å². The van der Waals surface area contributed by atoms with Gasteiger partial charge in [-0.25, -0.2) is 15.0 Å². The molecule has 1 aliphatic carbocycles. The van der Waals surface area contributed by atoms with Gasteiger partial charge < -0.3 is 5.32 Å². The van der Waals surface area contributed by atoms with Crippen LogP contribution in [0.4, 0.5) is 0 Å². The second-order valence-corrected chi connectivity index (χ2v) is 7.43. The van der Waals surface area contributed by atoms with Gasteiger partial charge in [0.1, 0.15) is 6.33 Å². The fourth-order valence-electron chi connectivity index (χ4n) is 3.38. The summed E-state index contributed by atoms with van der Waals surface area (Å²) >= 11 is 1.57. The molecule has 2 aliphatic rings. The molecule has 8 heteroatoms. The normalized spacial score (nSPS) is 18.0. The summed E-state index contributed by atoms with van der Waals surface area (Å²) in [7, 11) is 0. The largest absolute Gasteiger partial charge is 0.350 e. The minimum Gasteiger partial charge on any atom is -0.350 e. The van der Waals surface area contributed by atoms with Crippen LogP contribution in [0.5, 0.6) is 0 Å². The first-order valence-corrected chi connectivity index (χ1v) is 9.41. The molecular formula is C17H19N5O2S. The molecule has 0 bridgehead atoms. The number of rotatable bonds is 4. The summed E-state index contributed by atoms with van der Waals surface area (Å²) in [4.78, 5) is 37.8. The van der Waals surface area contributed by atoms with E-state index in [1.807, 2.05) is 13.0 Å². The van der Waals surface area contributed by atoms with Gasteiger partial charge in [0, 0.05) is 23.4 Å². The number of carbonyl (C=O) groups excluding carboxylic acids is 1. The Bertz CT molecular complexity index is 895. The molecule has 1 N–H and O–H groups in total. The van der Waals surface area contributed by atoms with Gasteiger partial charge in [-0.2, -0.15) is 0 Å². The van der Waals surface area contributed by atoms with Crippen molar-refractivity contribution < 1.29 is 4.79 Å². The number of carbonyl (C=O) groups is 1. The Morgan fingerprint density at radius 1 is 1.40 bits per heavy atom. The molecule has 0 saturated heterocycles. The van der Waals surface area contributed by atoms with Crippen LogP contribution in [0.1, 0.15) is 41.5 Å². The van der Waals surface area contributed by atoms with E-state index in [2.05, 4.69) is 20.3 Å². The zero-order valence-corrected chi connectivity index (χ0v) is 14.8. The van der Waals surface area contributed by atoms with Crippen molar-refractivity contribution in [2.45, 2.75) is 50.4 Å². The van der Waals surface area contributed by atoms with Gasteiger partial charge in [-0.15, -0.1) is 0 Å². The molecular weight excluding hydrogens is 338 g/mol. The number of hydrogen-bond acceptors (Lipinski definition) is 6. The van der Waals surface area contributed by atoms with Crippen molar-refractivity contribution in [3.63, 3.8) is 0 Å². The number of thioether (sulfide) groups is 1. The van der Waals surface area contributed by atoms with Gasteiger partial charge in [0.05, 0.1) is 24.0 Å². The summed E-state index contributed by atoms with van der Waals surface area (Å²) in [6.07, 6.45) is 4.46. The number of hydrogen-bond donors (Lipinski definition) is 1. The van der Waals surface area contributed by atoms with Gasteiger partial charge in [0.25, 0.3) is 5.56 Å². The summed E-state index contributed by atoms with van der Waals surface area (Å²) in [6, 6.07) is 1.72. The summed E-state index contributed by atoms with van der Waals surface area (Å²) in [5.74, 6) is 0.632. The van der Waals surface area contributed by atoms with Crippen molar-refractivity contribution in [2.75, 3.05) is 5.75 Å². The van der Waals surface area contributed by atoms with E-state index in [1.165, 1.54) is 6.33 Å². The van der Waals surface area contributed by atoms with Crippen molar-refractivity contribution in [3.8, 4) is 0 Å². The van der Waals surface area contributed by atoms with E-state index in [9.17, 15) is 9.59 Å². The lowest BCUT2D eigenvalue weighted by Gasteiger charge is -2.14. The zero-order chi connectivity index (χ0) is 17.4. The molecule has 0 fully saturated rings. The number of nitrogens with one attached hydrogen (secondary N) is 1. The summed E-state index contributed by atoms with van der Waals surface area (Å²) in [6.45, 7) is 2.25. The molecule has 0 spiro atoms. The Kier molecular flexibility index (Phi) is 4.29. The molecule has 1 aliphatic heterocycles. The van der Waals surface area contributed by atoms with Crippen molar-refractivity contribution in [2.24, 2.45) is 0 Å². The quantitative estimate of drug-likeness (QED) is 0.827. The maximum atomic E-state index is 12.7. The molecule has 4 rings (SSSR count). The Hall–Kier alpha value is -2.22. The van der Waals surface area contributed by atoms with Crippen LogP contribution < -0.4 is 10.9 Å². The lowest BCUT2D eigenvalue weighted by molar-refractivity contribution is -0.121. The highest BCUT2D eigenvalue weighted by atomic mass is 32.2. The average molecular weight is 357 g/mol. The SMILES string of the molecule is Cc1cc(CNC(=O)CC2CSc3nc4c(c(=O)n32)CCC4)ncn1. The molecule has 2 aromatic heterocycles. The van der Waals surface area contributed by atoms with Gasteiger partial charge in [-0.3, -0.25) is 14.2 Å². The summed E-state index contributed by atoms with van der Waals surface area (Å²) in [5, 5.41) is 3.64. The topological polar surface area (TPSA) is 89.8 Å². The van der Waals surface area contributed by atoms with Crippen LogP contribution in [0, 0.1) is 6.92 Å². The predicted molar refractivity (Wildman–Crippen MR) is 93.5 cm³/mol. The summed E-state index contributed by atoms with van der Waals surface area (Å²) in [5.41, 5.74) is 3.48. The summed E-state index contributed by atoms with van der Waals surface area (Å²) < 4.78 is 1.73. The van der Waals surface area contributed by atoms with Gasteiger partial charge in [-0.05, 0) is 32.3 Å². The third-order valence-corrected chi connectivity index (χ3v) is 5.72. The van der Waals surface area contributed by atoms with E-state index in [0.717, 1.165) is 47.1 Å². The minimum atomic E-state index is -0.127. The first kappa shape index (κ1) is 16.3. The van der Waals surface area contributed by atoms with Crippen LogP contribution >= 0.6 is 11.8 Å². The fraction of sp³-hybridized carbons (Fsp3) is 0.471. The molecule has 0 aromatic carbocycles. The van der Waals surface area contributed by atoms with Crippen molar-refractivity contribution in [1.82, 2.24) is 24.8 Å². The van der Waals surface area contributed by atoms with E-state index in [4.69, 9.17) is 0 Å². The standard InChI is InChI=1S/C17H19N5O2S/c1-10-5-11(20-9-19-10)7-18-15(23)6-12-8-25-17-21-14-4-2-3-13(14)16(24)22(12)17/h5,9,12H,2-4,6-8H2,1H3,(H,18,23). The molecule has 0 radical (unpaired) electrons. The van der Waals surface area contributed by atoms with Crippen LogP contribution in [-0.4, -0.2) is 31.2 Å². The number of aromatic nitrogens is 4. The minimum absolute atomic E-state index is 0.0479. The molecule has 25 heavy (non-hydrogen) atoms. The molecule has 130 valence electrons. The third kappa shape index (κ3) is 3.18. The first-order chi connectivity index (χ1) is 12.1. The second-order valence-electron chi connectivity index (χ2n) is 6.44. The van der Waals surface area contributed by atoms with Crippen LogP contribution in [0.15, 0.2) is 22.3 Å². The highest BCUT2D eigenvalue weighted by molar-refractivity contribution is 7.99. The average Bonchev–Trinajstić information content (AvgIpc) is 3.21. The van der Waals surface area contributed by atoms with Gasteiger partial charge in [0.2, 0.25) is 5.91 Å². The maximum Gasteiger partial charge on any atom is 0.257 e. The molecule has 1 atom stereocenters. The van der Waals surface area contributed by atoms with E-state index in [-0.39, 0.29) is 23.9 Å². The zero-order valence-electron chi connectivity index (χ0n) is 14.0. The number of fused-ring (bicyclic) bond motifs is 2. The molecule has 1 amide bonds. The smallest absolute Gasteiger partial charge is 0.257 e. The van der Waals surface area contributed by atoms with Gasteiger partial charge in [0.15, 0.2) is 5.16 Å². The lowest BCUT2D eigenvalue weighted by Crippen LogP contribution is -2.32. The Morgan fingerprint density at radius 3 is 3.12 bits per heavy atom. The lowest BCUT2D eigenvalue weighted by atomic mass is 10.2.